The Morgan fingerprint density at radius 1 is 1.12 bits per heavy atom. The van der Waals surface area contributed by atoms with Crippen molar-refractivity contribution in [3.63, 3.8) is 0 Å². The Kier molecular flexibility index (Phi) is 1.60. The Balaban J connectivity index is 1.95. The first-order valence-corrected chi connectivity index (χ1v) is 5.91. The molecule has 1 aromatic carbocycles. The lowest BCUT2D eigenvalue weighted by molar-refractivity contribution is 0.699. The van der Waals surface area contributed by atoms with Gasteiger partial charge in [0.05, 0.1) is 5.69 Å². The van der Waals surface area contributed by atoms with Crippen molar-refractivity contribution in [1.82, 2.24) is 4.98 Å². The van der Waals surface area contributed by atoms with Crippen LogP contribution in [0.1, 0.15) is 5.56 Å². The number of para-hydroxylation sites is 1. The molecule has 2 aromatic rings. The normalized spacial score (nSPS) is 20.2. The highest BCUT2D eigenvalue weighted by Crippen LogP contribution is 2.47. The van der Waals surface area contributed by atoms with Crippen LogP contribution in [0.3, 0.4) is 0 Å². The molecule has 3 heterocycles. The van der Waals surface area contributed by atoms with E-state index < -0.39 is 0 Å². The lowest BCUT2D eigenvalue weighted by Crippen LogP contribution is -2.36. The topological polar surface area (TPSA) is 19.4 Å². The van der Waals surface area contributed by atoms with Crippen molar-refractivity contribution in [3.8, 4) is 0 Å². The molecule has 1 unspecified atom stereocenters. The van der Waals surface area contributed by atoms with Gasteiger partial charge >= 0.3 is 0 Å². The summed E-state index contributed by atoms with van der Waals surface area (Å²) >= 11 is 0. The van der Waals surface area contributed by atoms with Gasteiger partial charge in [-0.15, -0.1) is 0 Å². The molecule has 2 aliphatic heterocycles. The van der Waals surface area contributed by atoms with Gasteiger partial charge in [-0.05, 0) is 23.8 Å². The quantitative estimate of drug-likeness (QED) is 0.684. The van der Waals surface area contributed by atoms with E-state index in [1.54, 1.807) is 0 Å². The van der Waals surface area contributed by atoms with Gasteiger partial charge in [0.25, 0.3) is 0 Å². The zero-order valence-corrected chi connectivity index (χ0v) is 9.67. The maximum Gasteiger partial charge on any atom is 0.153 e. The van der Waals surface area contributed by atoms with E-state index in [4.69, 9.17) is 0 Å². The van der Waals surface area contributed by atoms with Gasteiger partial charge < -0.3 is 9.80 Å². The fourth-order valence-electron chi connectivity index (χ4n) is 2.96. The first-order valence-electron chi connectivity index (χ1n) is 5.91. The van der Waals surface area contributed by atoms with Crippen LogP contribution in [0.4, 0.5) is 17.2 Å². The fourth-order valence-corrected chi connectivity index (χ4v) is 2.96. The summed E-state index contributed by atoms with van der Waals surface area (Å²) in [6.07, 6.45) is 3.34. The maximum absolute atomic E-state index is 4.48. The summed E-state index contributed by atoms with van der Waals surface area (Å²) in [7, 11) is 2.13. The Morgan fingerprint density at radius 2 is 1.94 bits per heavy atom. The number of nitrogens with zero attached hydrogens (tertiary/aromatic N) is 3. The van der Waals surface area contributed by atoms with Crippen LogP contribution in [-0.2, 0) is 6.42 Å². The van der Waals surface area contributed by atoms with Gasteiger partial charge in [0.15, 0.2) is 5.82 Å². The highest BCUT2D eigenvalue weighted by Gasteiger charge is 2.40. The minimum absolute atomic E-state index is 0.400. The predicted octanol–water partition coefficient (Wildman–Crippen LogP) is 2.55. The van der Waals surface area contributed by atoms with E-state index in [-0.39, 0.29) is 0 Å². The van der Waals surface area contributed by atoms with Crippen LogP contribution in [0.25, 0.3) is 0 Å². The van der Waals surface area contributed by atoms with Gasteiger partial charge in [0.1, 0.15) is 6.17 Å². The summed E-state index contributed by atoms with van der Waals surface area (Å²) in [5.41, 5.74) is 3.99. The molecule has 0 spiro atoms. The number of anilines is 3. The van der Waals surface area contributed by atoms with E-state index in [0.29, 0.717) is 6.17 Å². The van der Waals surface area contributed by atoms with Gasteiger partial charge in [0.2, 0.25) is 0 Å². The van der Waals surface area contributed by atoms with Crippen LogP contribution in [0, 0.1) is 0 Å². The number of aromatic nitrogens is 1. The Hall–Kier alpha value is -2.03. The smallest absolute Gasteiger partial charge is 0.153 e. The molecular formula is C14H13N3. The van der Waals surface area contributed by atoms with Crippen LogP contribution in [0.2, 0.25) is 0 Å². The molecule has 3 heteroatoms. The summed E-state index contributed by atoms with van der Waals surface area (Å²) in [5, 5.41) is 0. The van der Waals surface area contributed by atoms with Gasteiger partial charge in [-0.1, -0.05) is 18.2 Å². The number of likely N-dealkylation sites (N-methyl/N-ethyl adjacent to an activating group) is 1. The SMILES string of the molecule is CN1c2ncccc2N2c3ccccc3CC12. The van der Waals surface area contributed by atoms with Crippen LogP contribution in [0.5, 0.6) is 0 Å². The highest BCUT2D eigenvalue weighted by atomic mass is 15.4. The summed E-state index contributed by atoms with van der Waals surface area (Å²) in [6.45, 7) is 0. The molecule has 84 valence electrons. The molecule has 1 atom stereocenters. The lowest BCUT2D eigenvalue weighted by Gasteiger charge is -2.23. The average molecular weight is 223 g/mol. The van der Waals surface area contributed by atoms with Crippen LogP contribution in [0.15, 0.2) is 42.6 Å². The van der Waals surface area contributed by atoms with Crippen molar-refractivity contribution in [2.45, 2.75) is 12.6 Å². The van der Waals surface area contributed by atoms with Gasteiger partial charge in [-0.2, -0.15) is 0 Å². The zero-order valence-electron chi connectivity index (χ0n) is 9.67. The summed E-state index contributed by atoms with van der Waals surface area (Å²) in [4.78, 5) is 9.15. The van der Waals surface area contributed by atoms with Crippen molar-refractivity contribution >= 4 is 17.2 Å². The van der Waals surface area contributed by atoms with E-state index in [0.717, 1.165) is 12.2 Å². The number of hydrogen-bond donors (Lipinski definition) is 0. The van der Waals surface area contributed by atoms with E-state index in [1.807, 2.05) is 12.3 Å². The Labute approximate surface area is 100 Å². The number of pyridine rings is 1. The van der Waals surface area contributed by atoms with Crippen molar-refractivity contribution < 1.29 is 0 Å². The van der Waals surface area contributed by atoms with E-state index in [1.165, 1.54) is 16.9 Å². The van der Waals surface area contributed by atoms with E-state index in [9.17, 15) is 0 Å². The number of fused-ring (bicyclic) bond motifs is 5. The van der Waals surface area contributed by atoms with Crippen molar-refractivity contribution in [2.24, 2.45) is 0 Å². The molecule has 0 fully saturated rings. The Bertz CT molecular complexity index is 594. The first kappa shape index (κ1) is 9.05. The minimum Gasteiger partial charge on any atom is -0.337 e. The van der Waals surface area contributed by atoms with E-state index >= 15 is 0 Å². The summed E-state index contributed by atoms with van der Waals surface area (Å²) in [6, 6.07) is 12.8. The highest BCUT2D eigenvalue weighted by molar-refractivity contribution is 5.84. The van der Waals surface area contributed by atoms with Crippen molar-refractivity contribution in [3.05, 3.63) is 48.2 Å². The largest absolute Gasteiger partial charge is 0.337 e. The lowest BCUT2D eigenvalue weighted by atomic mass is 10.1. The predicted molar refractivity (Wildman–Crippen MR) is 68.7 cm³/mol. The van der Waals surface area contributed by atoms with Crippen LogP contribution >= 0.6 is 0 Å². The summed E-state index contributed by atoms with van der Waals surface area (Å²) < 4.78 is 0. The molecule has 17 heavy (non-hydrogen) atoms. The second-order valence-electron chi connectivity index (χ2n) is 4.64. The Morgan fingerprint density at radius 3 is 2.88 bits per heavy atom. The van der Waals surface area contributed by atoms with Crippen molar-refractivity contribution in [1.29, 1.82) is 0 Å². The first-order chi connectivity index (χ1) is 8.36. The maximum atomic E-state index is 4.48. The van der Waals surface area contributed by atoms with Crippen molar-refractivity contribution in [2.75, 3.05) is 16.8 Å². The molecule has 0 saturated heterocycles. The molecular weight excluding hydrogens is 210 g/mol. The molecule has 0 aliphatic carbocycles. The van der Waals surface area contributed by atoms with Gasteiger partial charge in [0, 0.05) is 25.4 Å². The molecule has 0 N–H and O–H groups in total. The van der Waals surface area contributed by atoms with E-state index in [2.05, 4.69) is 52.2 Å². The van der Waals surface area contributed by atoms with Crippen LogP contribution < -0.4 is 9.80 Å². The number of benzene rings is 1. The molecule has 4 rings (SSSR count). The summed E-state index contributed by atoms with van der Waals surface area (Å²) in [5.74, 6) is 1.09. The number of hydrogen-bond acceptors (Lipinski definition) is 3. The van der Waals surface area contributed by atoms with Gasteiger partial charge in [-0.25, -0.2) is 4.98 Å². The average Bonchev–Trinajstić information content (AvgIpc) is 2.88. The fraction of sp³-hybridized carbons (Fsp3) is 0.214. The van der Waals surface area contributed by atoms with Gasteiger partial charge in [-0.3, -0.25) is 0 Å². The molecule has 0 bridgehead atoms. The molecule has 3 nitrogen and oxygen atoms in total. The molecule has 0 amide bonds. The van der Waals surface area contributed by atoms with Crippen LogP contribution in [-0.4, -0.2) is 18.2 Å². The molecule has 0 saturated carbocycles. The number of rotatable bonds is 0. The monoisotopic (exact) mass is 223 g/mol. The third kappa shape index (κ3) is 1.04. The molecule has 1 aromatic heterocycles. The third-order valence-electron chi connectivity index (χ3n) is 3.76. The minimum atomic E-state index is 0.400. The second kappa shape index (κ2) is 3.00. The molecule has 0 radical (unpaired) electrons. The molecule has 2 aliphatic rings. The second-order valence-corrected chi connectivity index (χ2v) is 4.64. The third-order valence-corrected chi connectivity index (χ3v) is 3.76. The zero-order chi connectivity index (χ0) is 11.4. The standard InChI is InChI=1S/C14H13N3/c1-16-13-9-10-5-2-3-6-11(10)17(13)12-7-4-8-15-14(12)16/h2-8,13H,9H2,1H3.